The van der Waals surface area contributed by atoms with Crippen molar-refractivity contribution >= 4 is 28.3 Å². The summed E-state index contributed by atoms with van der Waals surface area (Å²) >= 11 is 0. The second-order valence-corrected chi connectivity index (χ2v) is 3.95. The van der Waals surface area contributed by atoms with Crippen molar-refractivity contribution in [1.82, 2.24) is 10.2 Å². The lowest BCUT2D eigenvalue weighted by molar-refractivity contribution is -0.138. The molecule has 0 bridgehead atoms. The quantitative estimate of drug-likeness (QED) is 0.448. The Morgan fingerprint density at radius 1 is 1.44 bits per heavy atom. The van der Waals surface area contributed by atoms with E-state index >= 15 is 0 Å². The second kappa shape index (κ2) is 4.46. The number of nitrogens with zero attached hydrogens (tertiary/aromatic N) is 1. The minimum atomic E-state index is -1.22. The predicted molar refractivity (Wildman–Crippen MR) is 65.1 cm³/mol. The van der Waals surface area contributed by atoms with Crippen molar-refractivity contribution in [1.29, 1.82) is 0 Å². The van der Waals surface area contributed by atoms with Crippen LogP contribution in [-0.2, 0) is 4.79 Å². The minimum absolute atomic E-state index is 0.252. The molecule has 7 heteroatoms. The van der Waals surface area contributed by atoms with Gasteiger partial charge >= 0.3 is 5.97 Å². The number of rotatable bonds is 4. The third kappa shape index (κ3) is 2.16. The highest BCUT2D eigenvalue weighted by atomic mass is 16.4. The third-order valence-corrected chi connectivity index (χ3v) is 2.58. The zero-order chi connectivity index (χ0) is 13.3. The average Bonchev–Trinajstić information content (AvgIpc) is 2.71. The summed E-state index contributed by atoms with van der Waals surface area (Å²) in [4.78, 5) is 22.5. The highest BCUT2D eigenvalue weighted by molar-refractivity contribution is 6.07. The standard InChI is InChI=1S/C11H12N4O3/c12-5-1-2-6-8(3-5)14-15-10(6)9(16)4-7(13)11(17)18/h1-3,7H,4,12-13H2,(H,14,15)(H,17,18)/t7-/m0/s1. The molecule has 18 heavy (non-hydrogen) atoms. The number of aromatic amines is 1. The maximum Gasteiger partial charge on any atom is 0.320 e. The van der Waals surface area contributed by atoms with Crippen LogP contribution in [0.1, 0.15) is 16.9 Å². The van der Waals surface area contributed by atoms with Crippen molar-refractivity contribution in [2.45, 2.75) is 12.5 Å². The van der Waals surface area contributed by atoms with Crippen LogP contribution < -0.4 is 11.5 Å². The maximum absolute atomic E-state index is 11.9. The monoisotopic (exact) mass is 248 g/mol. The van der Waals surface area contributed by atoms with Gasteiger partial charge in [-0.2, -0.15) is 5.10 Å². The SMILES string of the molecule is Nc1ccc2c(C(=O)C[C@H](N)C(=O)O)[nH]nc2c1. The summed E-state index contributed by atoms with van der Waals surface area (Å²) in [6.45, 7) is 0. The average molecular weight is 248 g/mol. The Bertz CT molecular complexity index is 620. The van der Waals surface area contributed by atoms with Crippen LogP contribution in [0.25, 0.3) is 10.9 Å². The van der Waals surface area contributed by atoms with Crippen LogP contribution in [0.15, 0.2) is 18.2 Å². The van der Waals surface area contributed by atoms with E-state index in [2.05, 4.69) is 10.2 Å². The Balaban J connectivity index is 2.31. The summed E-state index contributed by atoms with van der Waals surface area (Å²) < 4.78 is 0. The van der Waals surface area contributed by atoms with Crippen molar-refractivity contribution < 1.29 is 14.7 Å². The highest BCUT2D eigenvalue weighted by Gasteiger charge is 2.20. The fraction of sp³-hybridized carbons (Fsp3) is 0.182. The fourth-order valence-electron chi connectivity index (χ4n) is 1.63. The van der Waals surface area contributed by atoms with E-state index in [0.717, 1.165) is 0 Å². The Hall–Kier alpha value is -2.41. The van der Waals surface area contributed by atoms with Gasteiger partial charge in [0, 0.05) is 17.5 Å². The molecule has 7 nitrogen and oxygen atoms in total. The lowest BCUT2D eigenvalue weighted by atomic mass is 10.1. The van der Waals surface area contributed by atoms with Gasteiger partial charge in [-0.25, -0.2) is 0 Å². The third-order valence-electron chi connectivity index (χ3n) is 2.58. The second-order valence-electron chi connectivity index (χ2n) is 3.95. The molecule has 0 aliphatic rings. The van der Waals surface area contributed by atoms with E-state index in [1.807, 2.05) is 0 Å². The lowest BCUT2D eigenvalue weighted by Gasteiger charge is -2.03. The fourth-order valence-corrected chi connectivity index (χ4v) is 1.63. The number of H-pyrrole nitrogens is 1. The zero-order valence-electron chi connectivity index (χ0n) is 9.38. The molecule has 0 saturated heterocycles. The number of carboxylic acids is 1. The van der Waals surface area contributed by atoms with Crippen molar-refractivity contribution in [2.75, 3.05) is 5.73 Å². The first kappa shape index (κ1) is 12.1. The summed E-state index contributed by atoms with van der Waals surface area (Å²) in [5.41, 5.74) is 12.3. The number of nitrogen functional groups attached to an aromatic ring is 1. The van der Waals surface area contributed by atoms with E-state index in [-0.39, 0.29) is 12.1 Å². The van der Waals surface area contributed by atoms with Crippen molar-refractivity contribution in [3.05, 3.63) is 23.9 Å². The van der Waals surface area contributed by atoms with Crippen LogP contribution in [0, 0.1) is 0 Å². The van der Waals surface area contributed by atoms with Crippen molar-refractivity contribution in [3.63, 3.8) is 0 Å². The Morgan fingerprint density at radius 2 is 2.17 bits per heavy atom. The van der Waals surface area contributed by atoms with Gasteiger partial charge in [-0.15, -0.1) is 0 Å². The van der Waals surface area contributed by atoms with Crippen LogP contribution in [0.5, 0.6) is 0 Å². The van der Waals surface area contributed by atoms with Crippen LogP contribution in [0.2, 0.25) is 0 Å². The summed E-state index contributed by atoms with van der Waals surface area (Å²) in [7, 11) is 0. The first-order chi connectivity index (χ1) is 8.49. The first-order valence-corrected chi connectivity index (χ1v) is 5.24. The number of anilines is 1. The Morgan fingerprint density at radius 3 is 2.83 bits per heavy atom. The molecule has 6 N–H and O–H groups in total. The molecule has 2 rings (SSSR count). The highest BCUT2D eigenvalue weighted by Crippen LogP contribution is 2.19. The first-order valence-electron chi connectivity index (χ1n) is 5.24. The van der Waals surface area contributed by atoms with Crippen molar-refractivity contribution in [2.24, 2.45) is 5.73 Å². The van der Waals surface area contributed by atoms with Gasteiger partial charge < -0.3 is 16.6 Å². The number of carbonyl (C=O) groups excluding carboxylic acids is 1. The molecule has 0 fully saturated rings. The van der Waals surface area contributed by atoms with E-state index in [1.54, 1.807) is 18.2 Å². The summed E-state index contributed by atoms with van der Waals surface area (Å²) in [5, 5.41) is 15.8. The number of hydrogen-bond donors (Lipinski definition) is 4. The van der Waals surface area contributed by atoms with Gasteiger partial charge in [0.05, 0.1) is 5.52 Å². The summed E-state index contributed by atoms with van der Waals surface area (Å²) in [5.74, 6) is -1.60. The lowest BCUT2D eigenvalue weighted by Crippen LogP contribution is -2.32. The molecule has 1 aromatic carbocycles. The number of aromatic nitrogens is 2. The largest absolute Gasteiger partial charge is 0.480 e. The topological polar surface area (TPSA) is 135 Å². The number of hydrogen-bond acceptors (Lipinski definition) is 5. The maximum atomic E-state index is 11.9. The van der Waals surface area contributed by atoms with Gasteiger partial charge in [0.2, 0.25) is 0 Å². The number of Topliss-reactive ketones (excluding diaryl/α,β-unsaturated/α-hetero) is 1. The van der Waals surface area contributed by atoms with Gasteiger partial charge in [-0.1, -0.05) is 0 Å². The van der Waals surface area contributed by atoms with Crippen molar-refractivity contribution in [3.8, 4) is 0 Å². The van der Waals surface area contributed by atoms with Gasteiger partial charge in [0.1, 0.15) is 11.7 Å². The molecule has 0 saturated carbocycles. The molecule has 0 aliphatic heterocycles. The normalized spacial score (nSPS) is 12.5. The van der Waals surface area contributed by atoms with Crippen LogP contribution in [0.3, 0.4) is 0 Å². The molecule has 0 aliphatic carbocycles. The van der Waals surface area contributed by atoms with E-state index in [4.69, 9.17) is 16.6 Å². The smallest absolute Gasteiger partial charge is 0.320 e. The van der Waals surface area contributed by atoms with Gasteiger partial charge in [0.15, 0.2) is 5.78 Å². The number of nitrogens with two attached hydrogens (primary N) is 2. The van der Waals surface area contributed by atoms with Crippen LogP contribution >= 0.6 is 0 Å². The molecule has 0 radical (unpaired) electrons. The molecule has 2 aromatic rings. The van der Waals surface area contributed by atoms with E-state index in [9.17, 15) is 9.59 Å². The molecule has 1 atom stereocenters. The zero-order valence-corrected chi connectivity index (χ0v) is 9.38. The number of carbonyl (C=O) groups is 2. The molecule has 0 amide bonds. The number of aliphatic carboxylic acids is 1. The summed E-state index contributed by atoms with van der Waals surface area (Å²) in [6.07, 6.45) is -0.281. The van der Waals surface area contributed by atoms with Gasteiger partial charge in [-0.3, -0.25) is 14.7 Å². The molecule has 1 aromatic heterocycles. The van der Waals surface area contributed by atoms with Gasteiger partial charge in [-0.05, 0) is 18.2 Å². The number of fused-ring (bicyclic) bond motifs is 1. The Kier molecular flexibility index (Phi) is 2.99. The van der Waals surface area contributed by atoms with E-state index < -0.39 is 17.8 Å². The van der Waals surface area contributed by atoms with Crippen LogP contribution in [0.4, 0.5) is 5.69 Å². The molecule has 1 heterocycles. The Labute approximate surface area is 102 Å². The van der Waals surface area contributed by atoms with E-state index in [0.29, 0.717) is 16.6 Å². The molecule has 94 valence electrons. The van der Waals surface area contributed by atoms with E-state index in [1.165, 1.54) is 0 Å². The van der Waals surface area contributed by atoms with Crippen LogP contribution in [-0.4, -0.2) is 33.1 Å². The molecular formula is C11H12N4O3. The number of nitrogens with one attached hydrogen (secondary N) is 1. The predicted octanol–water partition coefficient (Wildman–Crippen LogP) is 0.130. The number of carboxylic acid groups (broad SMARTS) is 1. The number of ketones is 1. The molecular weight excluding hydrogens is 236 g/mol. The summed E-state index contributed by atoms with van der Waals surface area (Å²) in [6, 6.07) is 3.71. The number of benzene rings is 1. The molecule has 0 spiro atoms. The molecule has 0 unspecified atom stereocenters. The minimum Gasteiger partial charge on any atom is -0.480 e. The van der Waals surface area contributed by atoms with Gasteiger partial charge in [0.25, 0.3) is 0 Å².